The van der Waals surface area contributed by atoms with Crippen molar-refractivity contribution in [3.8, 4) is 22.6 Å². The van der Waals surface area contributed by atoms with Crippen LogP contribution in [-0.4, -0.2) is 101 Å². The average Bonchev–Trinajstić information content (AvgIpc) is 2.94. The van der Waals surface area contributed by atoms with Crippen LogP contribution in [0.3, 0.4) is 0 Å². The summed E-state index contributed by atoms with van der Waals surface area (Å²) in [5, 5.41) is 5.76. The fraction of sp³-hybridized carbons (Fsp3) is 0.500. The van der Waals surface area contributed by atoms with Crippen LogP contribution in [0.1, 0.15) is 37.8 Å². The van der Waals surface area contributed by atoms with E-state index in [-0.39, 0.29) is 45.8 Å². The SMILES string of the molecule is C=CCc1ccc(OCCC[N+](C)(C)CC(=O)NCC)c(-c2ccc(OCCC[N+](C)(C)CC(=O)NCC)c(CC=C)c2)c1.[Br-].[Br-]. The largest absolute Gasteiger partial charge is 1.00 e. The van der Waals surface area contributed by atoms with Crippen LogP contribution in [0.4, 0.5) is 0 Å². The van der Waals surface area contributed by atoms with Crippen LogP contribution >= 0.6 is 0 Å². The van der Waals surface area contributed by atoms with Crippen LogP contribution in [0.15, 0.2) is 61.7 Å². The third-order valence-corrected chi connectivity index (χ3v) is 7.38. The van der Waals surface area contributed by atoms with Gasteiger partial charge in [-0.05, 0) is 67.6 Å². The highest BCUT2D eigenvalue weighted by molar-refractivity contribution is 5.77. The summed E-state index contributed by atoms with van der Waals surface area (Å²) in [7, 11) is 8.28. The predicted octanol–water partition coefficient (Wildman–Crippen LogP) is -1.22. The Morgan fingerprint density at radius 1 is 0.739 bits per heavy atom. The highest BCUT2D eigenvalue weighted by Gasteiger charge is 2.21. The highest BCUT2D eigenvalue weighted by Crippen LogP contribution is 2.35. The van der Waals surface area contributed by atoms with Gasteiger partial charge in [0.05, 0.1) is 54.5 Å². The number of likely N-dealkylation sites (N-methyl/N-ethyl adjacent to an activating group) is 4. The minimum Gasteiger partial charge on any atom is -1.00 e. The Hall–Kier alpha value is -2.66. The normalized spacial score (nSPS) is 11.0. The second-order valence-electron chi connectivity index (χ2n) is 12.6. The van der Waals surface area contributed by atoms with E-state index in [1.54, 1.807) is 0 Å². The molecule has 0 aliphatic carbocycles. The molecule has 0 aliphatic heterocycles. The van der Waals surface area contributed by atoms with Gasteiger partial charge in [-0.3, -0.25) is 9.59 Å². The molecule has 2 rings (SSSR count). The molecule has 0 fully saturated rings. The quantitative estimate of drug-likeness (QED) is 0.0951. The number of hydrogen-bond donors (Lipinski definition) is 2. The Morgan fingerprint density at radius 2 is 1.24 bits per heavy atom. The van der Waals surface area contributed by atoms with Crippen molar-refractivity contribution in [1.29, 1.82) is 0 Å². The molecule has 0 bridgehead atoms. The standard InChI is InChI=1S/C36H54N4O4.2BrH/c1-9-15-29-17-19-34(44-24-14-22-40(7,8)28-36(42)38-12-4)32(25-29)30-18-20-33(31(26-30)16-10-2)43-23-13-21-39(5,6)27-35(41)37-11-3;;/h9-10,17-20,25-26H,1-2,11-16,21-24,27-28H2,3-8H3;2*1H. The predicted molar refractivity (Wildman–Crippen MR) is 181 cm³/mol. The summed E-state index contributed by atoms with van der Waals surface area (Å²) in [5.74, 6) is 1.82. The smallest absolute Gasteiger partial charge is 0.275 e. The molecule has 0 saturated heterocycles. The molecule has 0 heterocycles. The van der Waals surface area contributed by atoms with E-state index in [1.807, 2.05) is 38.1 Å². The van der Waals surface area contributed by atoms with Gasteiger partial charge in [-0.15, -0.1) is 13.2 Å². The maximum atomic E-state index is 12.1. The van der Waals surface area contributed by atoms with Crippen molar-refractivity contribution < 1.29 is 62.0 Å². The molecule has 10 heteroatoms. The van der Waals surface area contributed by atoms with E-state index in [0.29, 0.717) is 54.8 Å². The molecule has 0 spiro atoms. The highest BCUT2D eigenvalue weighted by atomic mass is 79.9. The van der Waals surface area contributed by atoms with Gasteiger partial charge in [-0.25, -0.2) is 0 Å². The Balaban J connectivity index is 0.0000101. The number of carbonyl (C=O) groups is 2. The molecule has 46 heavy (non-hydrogen) atoms. The summed E-state index contributed by atoms with van der Waals surface area (Å²) in [6.07, 6.45) is 6.92. The molecule has 258 valence electrons. The van der Waals surface area contributed by atoms with Gasteiger partial charge in [0, 0.05) is 31.5 Å². The lowest BCUT2D eigenvalue weighted by molar-refractivity contribution is -0.882. The zero-order chi connectivity index (χ0) is 32.6. The van der Waals surface area contributed by atoms with Gasteiger partial charge in [0.25, 0.3) is 11.8 Å². The number of quaternary nitrogens is 2. The van der Waals surface area contributed by atoms with E-state index in [4.69, 9.17) is 9.47 Å². The van der Waals surface area contributed by atoms with Crippen molar-refractivity contribution in [1.82, 2.24) is 10.6 Å². The Bertz CT molecular complexity index is 1250. The second-order valence-corrected chi connectivity index (χ2v) is 12.6. The lowest BCUT2D eigenvalue weighted by Gasteiger charge is -2.29. The molecule has 0 aliphatic rings. The van der Waals surface area contributed by atoms with Crippen molar-refractivity contribution in [3.63, 3.8) is 0 Å². The maximum Gasteiger partial charge on any atom is 0.275 e. The summed E-state index contributed by atoms with van der Waals surface area (Å²) in [6.45, 7) is 16.7. The van der Waals surface area contributed by atoms with Crippen LogP contribution < -0.4 is 54.1 Å². The van der Waals surface area contributed by atoms with Gasteiger partial charge in [0.15, 0.2) is 13.1 Å². The van der Waals surface area contributed by atoms with Crippen LogP contribution in [-0.2, 0) is 22.4 Å². The molecule has 0 aromatic heterocycles. The van der Waals surface area contributed by atoms with Gasteiger partial charge in [-0.2, -0.15) is 0 Å². The van der Waals surface area contributed by atoms with Crippen molar-refractivity contribution in [2.75, 3.05) is 80.7 Å². The number of carbonyl (C=O) groups excluding carboxylic acids is 2. The first-order chi connectivity index (χ1) is 20.9. The van der Waals surface area contributed by atoms with E-state index in [0.717, 1.165) is 60.5 Å². The van der Waals surface area contributed by atoms with Gasteiger partial charge in [-0.1, -0.05) is 24.3 Å². The Kier molecular flexibility index (Phi) is 20.7. The van der Waals surface area contributed by atoms with Crippen molar-refractivity contribution in [2.24, 2.45) is 0 Å². The van der Waals surface area contributed by atoms with Crippen molar-refractivity contribution in [2.45, 2.75) is 39.5 Å². The summed E-state index contributed by atoms with van der Waals surface area (Å²) >= 11 is 0. The first-order valence-electron chi connectivity index (χ1n) is 15.8. The topological polar surface area (TPSA) is 76.7 Å². The van der Waals surface area contributed by atoms with Crippen LogP contribution in [0.2, 0.25) is 0 Å². The molecule has 2 amide bonds. The molecule has 0 unspecified atom stereocenters. The fourth-order valence-electron chi connectivity index (χ4n) is 5.22. The number of rotatable bonds is 21. The molecular formula is C36H56Br2N4O4. The van der Waals surface area contributed by atoms with Gasteiger partial charge < -0.3 is 63.0 Å². The number of benzene rings is 2. The van der Waals surface area contributed by atoms with Crippen molar-refractivity contribution in [3.05, 3.63) is 72.8 Å². The average molecular weight is 769 g/mol. The molecule has 2 N–H and O–H groups in total. The summed E-state index contributed by atoms with van der Waals surface area (Å²) in [6, 6.07) is 12.6. The first kappa shape index (κ1) is 43.3. The molecule has 0 saturated carbocycles. The number of ether oxygens (including phenoxy) is 2. The number of nitrogens with one attached hydrogen (secondary N) is 2. The maximum absolute atomic E-state index is 12.1. The van der Waals surface area contributed by atoms with Crippen molar-refractivity contribution >= 4 is 11.8 Å². The van der Waals surface area contributed by atoms with E-state index < -0.39 is 0 Å². The third kappa shape index (κ3) is 15.8. The zero-order valence-electron chi connectivity index (χ0n) is 28.8. The number of halogens is 2. The number of amides is 2. The summed E-state index contributed by atoms with van der Waals surface area (Å²) in [4.78, 5) is 24.1. The molecule has 2 aromatic carbocycles. The van der Waals surface area contributed by atoms with Crippen LogP contribution in [0.5, 0.6) is 11.5 Å². The summed E-state index contributed by atoms with van der Waals surface area (Å²) in [5.41, 5.74) is 4.32. The summed E-state index contributed by atoms with van der Waals surface area (Å²) < 4.78 is 13.8. The van der Waals surface area contributed by atoms with Gasteiger partial charge in [0.2, 0.25) is 0 Å². The molecular weight excluding hydrogens is 712 g/mol. The van der Waals surface area contributed by atoms with Gasteiger partial charge >= 0.3 is 0 Å². The number of allylic oxidation sites excluding steroid dienone is 2. The van der Waals surface area contributed by atoms with E-state index in [1.165, 1.54) is 5.56 Å². The van der Waals surface area contributed by atoms with E-state index >= 15 is 0 Å². The molecule has 0 radical (unpaired) electrons. The van der Waals surface area contributed by atoms with Crippen LogP contribution in [0.25, 0.3) is 11.1 Å². The minimum absolute atomic E-state index is 0. The van der Waals surface area contributed by atoms with Gasteiger partial charge in [0.1, 0.15) is 11.5 Å². The Morgan fingerprint density at radius 3 is 1.74 bits per heavy atom. The monoisotopic (exact) mass is 766 g/mol. The van der Waals surface area contributed by atoms with E-state index in [2.05, 4.69) is 76.2 Å². The van der Waals surface area contributed by atoms with E-state index in [9.17, 15) is 9.59 Å². The Labute approximate surface area is 298 Å². The second kappa shape index (κ2) is 22.0. The van der Waals surface area contributed by atoms with Crippen LogP contribution in [0, 0.1) is 0 Å². The molecule has 0 atom stereocenters. The lowest BCUT2D eigenvalue weighted by Crippen LogP contribution is -3.00. The molecule has 8 nitrogen and oxygen atoms in total. The third-order valence-electron chi connectivity index (χ3n) is 7.38. The fourth-order valence-corrected chi connectivity index (χ4v) is 5.22. The molecule has 2 aromatic rings. The number of nitrogens with zero attached hydrogens (tertiary/aromatic N) is 2. The zero-order valence-corrected chi connectivity index (χ0v) is 32.0. The number of hydrogen-bond acceptors (Lipinski definition) is 4. The lowest BCUT2D eigenvalue weighted by atomic mass is 9.97. The minimum atomic E-state index is 0. The first-order valence-corrected chi connectivity index (χ1v) is 15.8.